The molecule has 1 aromatic heterocycles. The Bertz CT molecular complexity index is 996. The molecule has 0 saturated heterocycles. The van der Waals surface area contributed by atoms with Gasteiger partial charge in [-0.25, -0.2) is 15.0 Å². The van der Waals surface area contributed by atoms with Gasteiger partial charge in [-0.2, -0.15) is 5.10 Å². The van der Waals surface area contributed by atoms with Gasteiger partial charge < -0.3 is 19.9 Å². The molecule has 3 aromatic rings. The quantitative estimate of drug-likeness (QED) is 0.407. The highest BCUT2D eigenvalue weighted by Crippen LogP contribution is 2.27. The van der Waals surface area contributed by atoms with Crippen LogP contribution in [-0.2, 0) is 0 Å². The molecule has 0 radical (unpaired) electrons. The fourth-order valence-electron chi connectivity index (χ4n) is 2.27. The van der Waals surface area contributed by atoms with Gasteiger partial charge in [0.15, 0.2) is 0 Å². The molecule has 136 valence electrons. The average Bonchev–Trinajstić information content (AvgIpc) is 3.11. The summed E-state index contributed by atoms with van der Waals surface area (Å²) in [4.78, 5) is 22.8. The number of carboxylic acids is 1. The number of furan rings is 1. The van der Waals surface area contributed by atoms with Crippen LogP contribution in [0.2, 0.25) is 0 Å². The molecule has 0 saturated carbocycles. The van der Waals surface area contributed by atoms with Gasteiger partial charge in [-0.15, -0.1) is 0 Å². The van der Waals surface area contributed by atoms with Crippen molar-refractivity contribution in [2.45, 2.75) is 0 Å². The first kappa shape index (κ1) is 17.7. The number of carbonyl (C=O) groups excluding carboxylic acids is 1. The van der Waals surface area contributed by atoms with Crippen molar-refractivity contribution in [1.82, 2.24) is 5.43 Å². The maximum absolute atomic E-state index is 11.7. The number of nitrogens with one attached hydrogen (secondary N) is 2. The van der Waals surface area contributed by atoms with Crippen molar-refractivity contribution in [3.63, 3.8) is 0 Å². The highest BCUT2D eigenvalue weighted by Gasteiger charge is 2.12. The summed E-state index contributed by atoms with van der Waals surface area (Å²) in [7, 11) is 0. The number of hydrazone groups is 1. The highest BCUT2D eigenvalue weighted by atomic mass is 16.4. The van der Waals surface area contributed by atoms with Gasteiger partial charge in [0.25, 0.3) is 0 Å². The molecule has 27 heavy (non-hydrogen) atoms. The molecule has 4 N–H and O–H groups in total. The van der Waals surface area contributed by atoms with E-state index in [1.165, 1.54) is 24.4 Å². The van der Waals surface area contributed by atoms with E-state index >= 15 is 0 Å². The zero-order valence-electron chi connectivity index (χ0n) is 13.9. The predicted octanol–water partition coefficient (Wildman–Crippen LogP) is 3.51. The molecular formula is C19H15N3O5. The van der Waals surface area contributed by atoms with Crippen molar-refractivity contribution < 1.29 is 24.2 Å². The zero-order chi connectivity index (χ0) is 19.2. The molecule has 1 heterocycles. The standard InChI is InChI=1S/C19H15N3O5/c23-16-8-6-12(10-15(16)18(24)25)17-9-7-14(27-17)11-20-22-19(26)21-13-4-2-1-3-5-13/h1-11,23H,(H,24,25)(H2,21,22,26)/b20-11+. The van der Waals surface area contributed by atoms with Crippen LogP contribution in [0.25, 0.3) is 11.3 Å². The number of para-hydroxylation sites is 1. The van der Waals surface area contributed by atoms with Gasteiger partial charge in [0.2, 0.25) is 0 Å². The van der Waals surface area contributed by atoms with Gasteiger partial charge >= 0.3 is 12.0 Å². The molecule has 8 nitrogen and oxygen atoms in total. The summed E-state index contributed by atoms with van der Waals surface area (Å²) in [6.07, 6.45) is 1.31. The number of aromatic hydroxyl groups is 1. The van der Waals surface area contributed by atoms with Gasteiger partial charge in [0.05, 0.1) is 6.21 Å². The number of phenols is 1. The van der Waals surface area contributed by atoms with Crippen LogP contribution in [0.3, 0.4) is 0 Å². The normalized spacial score (nSPS) is 10.7. The molecule has 0 aliphatic heterocycles. The first-order valence-electron chi connectivity index (χ1n) is 7.84. The van der Waals surface area contributed by atoms with Crippen molar-refractivity contribution in [2.75, 3.05) is 5.32 Å². The summed E-state index contributed by atoms with van der Waals surface area (Å²) in [5.41, 5.74) is 3.20. The SMILES string of the molecule is O=C(N/N=C/c1ccc(-c2ccc(O)c(C(=O)O)c2)o1)Nc1ccccc1. The van der Waals surface area contributed by atoms with Gasteiger partial charge in [0.1, 0.15) is 22.8 Å². The second-order valence-corrected chi connectivity index (χ2v) is 5.43. The summed E-state index contributed by atoms with van der Waals surface area (Å²) in [6.45, 7) is 0. The molecule has 0 bridgehead atoms. The Kier molecular flexibility index (Phi) is 5.17. The predicted molar refractivity (Wildman–Crippen MR) is 99.0 cm³/mol. The van der Waals surface area contributed by atoms with Crippen LogP contribution in [0.4, 0.5) is 10.5 Å². The Morgan fingerprint density at radius 1 is 1.04 bits per heavy atom. The number of carbonyl (C=O) groups is 2. The Balaban J connectivity index is 1.64. The summed E-state index contributed by atoms with van der Waals surface area (Å²) in [5, 5.41) is 25.0. The van der Waals surface area contributed by atoms with Crippen LogP contribution >= 0.6 is 0 Å². The van der Waals surface area contributed by atoms with Gasteiger partial charge in [-0.3, -0.25) is 0 Å². The molecule has 8 heteroatoms. The Morgan fingerprint density at radius 3 is 2.56 bits per heavy atom. The van der Waals surface area contributed by atoms with Crippen molar-refractivity contribution in [3.05, 3.63) is 72.0 Å². The zero-order valence-corrected chi connectivity index (χ0v) is 13.9. The number of hydrogen-bond acceptors (Lipinski definition) is 5. The van der Waals surface area contributed by atoms with E-state index in [1.807, 2.05) is 6.07 Å². The number of nitrogens with zero attached hydrogens (tertiary/aromatic N) is 1. The average molecular weight is 365 g/mol. The van der Waals surface area contributed by atoms with Crippen molar-refractivity contribution in [1.29, 1.82) is 0 Å². The Morgan fingerprint density at radius 2 is 1.81 bits per heavy atom. The third kappa shape index (κ3) is 4.51. The van der Waals surface area contributed by atoms with Crippen LogP contribution in [0.5, 0.6) is 5.75 Å². The number of carboxylic acid groups (broad SMARTS) is 1. The van der Waals surface area contributed by atoms with Crippen LogP contribution < -0.4 is 10.7 Å². The minimum Gasteiger partial charge on any atom is -0.507 e. The topological polar surface area (TPSA) is 124 Å². The molecule has 0 atom stereocenters. The van der Waals surface area contributed by atoms with E-state index in [0.29, 0.717) is 22.8 Å². The monoisotopic (exact) mass is 365 g/mol. The van der Waals surface area contributed by atoms with Gasteiger partial charge in [-0.1, -0.05) is 18.2 Å². The van der Waals surface area contributed by atoms with E-state index in [4.69, 9.17) is 9.52 Å². The van der Waals surface area contributed by atoms with E-state index in [2.05, 4.69) is 15.8 Å². The fraction of sp³-hybridized carbons (Fsp3) is 0. The van der Waals surface area contributed by atoms with Crippen molar-refractivity contribution >= 4 is 23.9 Å². The molecule has 0 spiro atoms. The minimum atomic E-state index is -1.24. The lowest BCUT2D eigenvalue weighted by atomic mass is 10.1. The summed E-state index contributed by atoms with van der Waals surface area (Å²) in [5.74, 6) is -0.813. The Labute approximate surface area is 153 Å². The maximum atomic E-state index is 11.7. The van der Waals surface area contributed by atoms with Crippen molar-refractivity contribution in [3.8, 4) is 17.1 Å². The fourth-order valence-corrected chi connectivity index (χ4v) is 2.27. The molecule has 0 unspecified atom stereocenters. The lowest BCUT2D eigenvalue weighted by Crippen LogP contribution is -2.24. The lowest BCUT2D eigenvalue weighted by Gasteiger charge is -2.03. The molecular weight excluding hydrogens is 350 g/mol. The number of hydrogen-bond donors (Lipinski definition) is 4. The third-order valence-corrected chi connectivity index (χ3v) is 3.53. The van der Waals surface area contributed by atoms with Gasteiger partial charge in [0, 0.05) is 11.3 Å². The van der Waals surface area contributed by atoms with E-state index in [-0.39, 0.29) is 11.3 Å². The molecule has 0 fully saturated rings. The summed E-state index contributed by atoms with van der Waals surface area (Å²) < 4.78 is 5.55. The third-order valence-electron chi connectivity index (χ3n) is 3.53. The van der Waals surface area contributed by atoms with E-state index < -0.39 is 12.0 Å². The Hall–Kier alpha value is -4.07. The van der Waals surface area contributed by atoms with Gasteiger partial charge in [-0.05, 0) is 42.5 Å². The van der Waals surface area contributed by atoms with E-state index in [1.54, 1.807) is 36.4 Å². The number of benzene rings is 2. The molecule has 3 rings (SSSR count). The summed E-state index contributed by atoms with van der Waals surface area (Å²) >= 11 is 0. The van der Waals surface area contributed by atoms with E-state index in [0.717, 1.165) is 0 Å². The number of rotatable bonds is 5. The maximum Gasteiger partial charge on any atom is 0.339 e. The first-order valence-corrected chi connectivity index (χ1v) is 7.84. The van der Waals surface area contributed by atoms with Crippen LogP contribution in [0.15, 0.2) is 70.2 Å². The number of amides is 2. The summed E-state index contributed by atoms with van der Waals surface area (Å²) in [6, 6.07) is 15.8. The molecule has 0 aliphatic carbocycles. The van der Waals surface area contributed by atoms with Crippen LogP contribution in [0.1, 0.15) is 16.1 Å². The number of aromatic carboxylic acids is 1. The second kappa shape index (κ2) is 7.87. The van der Waals surface area contributed by atoms with Crippen LogP contribution in [-0.4, -0.2) is 28.4 Å². The highest BCUT2D eigenvalue weighted by molar-refractivity contribution is 5.92. The smallest absolute Gasteiger partial charge is 0.339 e. The number of urea groups is 1. The van der Waals surface area contributed by atoms with Crippen molar-refractivity contribution in [2.24, 2.45) is 5.10 Å². The second-order valence-electron chi connectivity index (χ2n) is 5.43. The first-order chi connectivity index (χ1) is 13.0. The number of anilines is 1. The molecule has 0 aliphatic rings. The largest absolute Gasteiger partial charge is 0.507 e. The molecule has 2 amide bonds. The minimum absolute atomic E-state index is 0.224. The molecule has 2 aromatic carbocycles. The van der Waals surface area contributed by atoms with Crippen LogP contribution in [0, 0.1) is 0 Å². The van der Waals surface area contributed by atoms with E-state index in [9.17, 15) is 14.7 Å². The lowest BCUT2D eigenvalue weighted by molar-refractivity contribution is 0.0693.